The third kappa shape index (κ3) is 11.3. The molecule has 112 heavy (non-hydrogen) atoms. The summed E-state index contributed by atoms with van der Waals surface area (Å²) in [6.45, 7) is 0. The van der Waals surface area contributed by atoms with Crippen LogP contribution in [0.3, 0.4) is 0 Å². The average molecular weight is 1430 g/mol. The van der Waals surface area contributed by atoms with Crippen LogP contribution in [0.4, 0.5) is 0 Å². The van der Waals surface area contributed by atoms with Gasteiger partial charge in [0.1, 0.15) is 11.4 Å². The quantitative estimate of drug-likeness (QED) is 0.105. The highest BCUT2D eigenvalue weighted by Crippen LogP contribution is 2.45. The Bertz CT molecular complexity index is 7820. The fourth-order valence-electron chi connectivity index (χ4n) is 16.0. The number of nitrogens with zero attached hydrogens (tertiary/aromatic N) is 12. The van der Waals surface area contributed by atoms with Crippen LogP contribution in [-0.2, 0) is 0 Å². The van der Waals surface area contributed by atoms with Gasteiger partial charge in [-0.05, 0) is 176 Å². The fourth-order valence-corrected chi connectivity index (χ4v) is 16.0. The summed E-state index contributed by atoms with van der Waals surface area (Å²) in [7, 11) is 0. The Morgan fingerprint density at radius 3 is 0.884 bits per heavy atom. The second-order valence-electron chi connectivity index (χ2n) is 28.4. The largest absolute Gasteiger partial charge is 0.254 e. The molecule has 0 amide bonds. The van der Waals surface area contributed by atoms with Crippen molar-refractivity contribution in [1.82, 2.24) is 59.8 Å². The van der Waals surface area contributed by atoms with Crippen molar-refractivity contribution in [3.05, 3.63) is 352 Å². The Morgan fingerprint density at radius 2 is 0.446 bits per heavy atom. The lowest BCUT2D eigenvalue weighted by atomic mass is 9.88. The smallest absolute Gasteiger partial charge is 0.178 e. The van der Waals surface area contributed by atoms with E-state index in [-0.39, 0.29) is 0 Å². The summed E-state index contributed by atoms with van der Waals surface area (Å²) in [5.74, 6) is 1.25. The van der Waals surface area contributed by atoms with Gasteiger partial charge in [0, 0.05) is 101 Å². The Labute approximate surface area is 639 Å². The van der Waals surface area contributed by atoms with Gasteiger partial charge in [-0.3, -0.25) is 9.97 Å². The highest BCUT2D eigenvalue weighted by molar-refractivity contribution is 6.21. The molecule has 518 valence electrons. The van der Waals surface area contributed by atoms with E-state index < -0.39 is 0 Å². The van der Waals surface area contributed by atoms with Gasteiger partial charge in [-0.1, -0.05) is 206 Å². The molecule has 0 atom stereocenters. The molecule has 23 rings (SSSR count). The molecule has 0 aliphatic carbocycles. The molecule has 0 saturated carbocycles. The monoisotopic (exact) mass is 1430 g/mol. The maximum Gasteiger partial charge on any atom is 0.178 e. The zero-order valence-electron chi connectivity index (χ0n) is 59.9. The van der Waals surface area contributed by atoms with Gasteiger partial charge in [0.15, 0.2) is 11.6 Å². The van der Waals surface area contributed by atoms with E-state index in [9.17, 15) is 0 Å². The van der Waals surface area contributed by atoms with Crippen molar-refractivity contribution in [1.29, 1.82) is 0 Å². The molecule has 0 saturated heterocycles. The van der Waals surface area contributed by atoms with E-state index >= 15 is 0 Å². The summed E-state index contributed by atoms with van der Waals surface area (Å²) < 4.78 is 0. The topological polar surface area (TPSA) is 155 Å². The first kappa shape index (κ1) is 63.8. The van der Waals surface area contributed by atoms with Crippen molar-refractivity contribution in [3.63, 3.8) is 0 Å². The Hall–Kier alpha value is -15.4. The molecule has 0 radical (unpaired) electrons. The molecule has 0 bridgehead atoms. The van der Waals surface area contributed by atoms with Crippen molar-refractivity contribution >= 4 is 141 Å². The predicted octanol–water partition coefficient (Wildman–Crippen LogP) is 24.4. The van der Waals surface area contributed by atoms with Gasteiger partial charge in [-0.25, -0.2) is 49.8 Å². The summed E-state index contributed by atoms with van der Waals surface area (Å²) >= 11 is 0. The molecule has 10 heterocycles. The van der Waals surface area contributed by atoms with E-state index in [0.29, 0.717) is 11.6 Å². The molecule has 0 aliphatic rings. The molecule has 13 aromatic carbocycles. The fraction of sp³-hybridized carbons (Fsp3) is 0. The van der Waals surface area contributed by atoms with Crippen molar-refractivity contribution in [2.75, 3.05) is 0 Å². The van der Waals surface area contributed by atoms with Crippen LogP contribution in [0, 0.1) is 0 Å². The van der Waals surface area contributed by atoms with Crippen LogP contribution in [0.2, 0.25) is 0 Å². The van der Waals surface area contributed by atoms with E-state index in [0.717, 1.165) is 220 Å². The number of para-hydroxylation sites is 2. The number of rotatable bonds is 8. The van der Waals surface area contributed by atoms with Gasteiger partial charge in [-0.15, -0.1) is 0 Å². The summed E-state index contributed by atoms with van der Waals surface area (Å²) in [5.41, 5.74) is 23.3. The number of fused-ring (bicyclic) bond motifs is 15. The zero-order chi connectivity index (χ0) is 73.7. The molecule has 0 unspecified atom stereocenters. The Kier molecular flexibility index (Phi) is 15.0. The number of pyridine rings is 8. The molecule has 12 heteroatoms. The molecule has 23 aromatic rings. The first-order valence-electron chi connectivity index (χ1n) is 37.3. The number of hydrogen-bond acceptors (Lipinski definition) is 12. The number of benzene rings is 13. The van der Waals surface area contributed by atoms with Crippen LogP contribution in [0.15, 0.2) is 352 Å². The highest BCUT2D eigenvalue weighted by atomic mass is 14.9. The second kappa shape index (κ2) is 26.2. The van der Waals surface area contributed by atoms with Crippen LogP contribution in [-0.4, -0.2) is 59.8 Å². The van der Waals surface area contributed by atoms with Crippen LogP contribution in [0.5, 0.6) is 0 Å². The SMILES string of the molecule is c1ccc2nc(-c3ccc4cc(-c5ccc6nc(-c7c8ccccc8c(-c8ccc9ccc%10cccnc%10c9n8)c8ccccc78)ccc6c5)ccc4n3)ncc2c1.c1ccc2nc(-c3ccc4cc(-c5ccc6nc(-c7ccc8cc(-c9ccc%10ccc%11cccnc%11c%10n9)ccc8c7)ccc6c5)ccc4n3)ncc2c1. The zero-order valence-corrected chi connectivity index (χ0v) is 59.9. The van der Waals surface area contributed by atoms with Crippen LogP contribution >= 0.6 is 0 Å². The summed E-state index contributed by atoms with van der Waals surface area (Å²) in [5, 5.41) is 17.5. The first-order chi connectivity index (χ1) is 55.4. The van der Waals surface area contributed by atoms with E-state index in [1.807, 2.05) is 97.6 Å². The van der Waals surface area contributed by atoms with Gasteiger partial charge in [0.2, 0.25) is 0 Å². The maximum absolute atomic E-state index is 5.32. The molecular formula is C100H58N12. The van der Waals surface area contributed by atoms with Gasteiger partial charge in [0.25, 0.3) is 0 Å². The maximum atomic E-state index is 5.32. The van der Waals surface area contributed by atoms with E-state index in [1.165, 1.54) is 0 Å². The lowest BCUT2D eigenvalue weighted by Crippen LogP contribution is -1.95. The molecule has 12 nitrogen and oxygen atoms in total. The van der Waals surface area contributed by atoms with Crippen LogP contribution in [0.25, 0.3) is 232 Å². The standard InChI is InChI=1S/C52H30N6.C48H28N6/c1-6-14-42-37(8-1)30-54-52(58-42)47-26-21-36-29-34(19-23-44(36)56-47)33-18-22-43-35(28-33)20-25-45(55-43)48-38-10-2-4-12-40(38)49(41-13-5-3-11-39(41)48)46-24-17-32-16-15-31-9-7-27-53-50(31)51(32)57-46;1-2-6-40-39(4-1)28-50-48(54-40)45-22-17-38-27-34(15-20-43(38)52-45)33-14-19-41-37(26-33)16-21-42(51-41)35-11-9-32-25-36(12-10-31(32)24-35)44-18-13-30-8-7-29-5-3-23-49-46(29)47(30)53-44/h1-30H;1-28H. The van der Waals surface area contributed by atoms with Crippen LogP contribution in [0.1, 0.15) is 0 Å². The molecule has 0 spiro atoms. The predicted molar refractivity (Wildman–Crippen MR) is 457 cm³/mol. The van der Waals surface area contributed by atoms with Gasteiger partial charge in [-0.2, -0.15) is 0 Å². The lowest BCUT2D eigenvalue weighted by Gasteiger charge is -2.17. The summed E-state index contributed by atoms with van der Waals surface area (Å²) in [4.78, 5) is 58.5. The van der Waals surface area contributed by atoms with E-state index in [4.69, 9.17) is 44.9 Å². The highest BCUT2D eigenvalue weighted by Gasteiger charge is 2.21. The van der Waals surface area contributed by atoms with Gasteiger partial charge in [0.05, 0.1) is 77.9 Å². The van der Waals surface area contributed by atoms with E-state index in [2.05, 4.69) is 270 Å². The number of hydrogen-bond donors (Lipinski definition) is 0. The summed E-state index contributed by atoms with van der Waals surface area (Å²) in [6, 6.07) is 114. The number of aromatic nitrogens is 12. The van der Waals surface area contributed by atoms with Crippen molar-refractivity contribution in [3.8, 4) is 90.3 Å². The normalized spacial score (nSPS) is 11.8. The minimum Gasteiger partial charge on any atom is -0.254 e. The van der Waals surface area contributed by atoms with Crippen molar-refractivity contribution in [2.24, 2.45) is 0 Å². The summed E-state index contributed by atoms with van der Waals surface area (Å²) in [6.07, 6.45) is 7.38. The Morgan fingerprint density at radius 1 is 0.161 bits per heavy atom. The minimum atomic E-state index is 0.622. The molecule has 0 N–H and O–H groups in total. The second-order valence-corrected chi connectivity index (χ2v) is 28.4. The molecule has 0 fully saturated rings. The van der Waals surface area contributed by atoms with Crippen molar-refractivity contribution < 1.29 is 0 Å². The third-order valence-electron chi connectivity index (χ3n) is 21.6. The average Bonchev–Trinajstić information content (AvgIpc) is 0.727. The lowest BCUT2D eigenvalue weighted by molar-refractivity contribution is 1.19. The van der Waals surface area contributed by atoms with Crippen LogP contribution < -0.4 is 0 Å². The minimum absolute atomic E-state index is 0.622. The third-order valence-corrected chi connectivity index (χ3v) is 21.6. The molecule has 0 aliphatic heterocycles. The van der Waals surface area contributed by atoms with Gasteiger partial charge >= 0.3 is 0 Å². The molecule has 10 aromatic heterocycles. The Balaban J connectivity index is 0.000000138. The first-order valence-corrected chi connectivity index (χ1v) is 37.3. The van der Waals surface area contributed by atoms with E-state index in [1.54, 1.807) is 0 Å². The molecular weight excluding hydrogens is 1370 g/mol. The van der Waals surface area contributed by atoms with Crippen molar-refractivity contribution in [2.45, 2.75) is 0 Å². The van der Waals surface area contributed by atoms with Gasteiger partial charge < -0.3 is 0 Å².